The third-order valence-electron chi connectivity index (χ3n) is 11.4. The molecule has 0 bridgehead atoms. The standard InChI is InChI=1S/C47H67N3O10/c1-2-24-54-26-28-56-30-32-58-34-36-60-37-35-59-33-31-57-29-27-55-25-16-44(51)49-22-19-47(20-23-49)17-13-41(14-18-47)46(53)48-21-15-45(52)50-38-42-9-4-3-7-39(42)11-12-40-8-5-6-10-43(40)50/h3-10,41H,2,13-38H2,1H3,(H,48,53). The molecule has 2 aromatic rings. The Hall–Kier alpha value is -3.87. The third kappa shape index (κ3) is 16.2. The fourth-order valence-electron chi connectivity index (χ4n) is 7.89. The smallest absolute Gasteiger partial charge is 0.229 e. The Morgan fingerprint density at radius 3 is 1.70 bits per heavy atom. The van der Waals surface area contributed by atoms with E-state index in [1.54, 1.807) is 4.90 Å². The lowest BCUT2D eigenvalue weighted by Crippen LogP contribution is -2.46. The molecule has 1 N–H and O–H groups in total. The van der Waals surface area contributed by atoms with Gasteiger partial charge in [-0.2, -0.15) is 0 Å². The zero-order valence-electron chi connectivity index (χ0n) is 35.8. The molecule has 1 saturated heterocycles. The van der Waals surface area contributed by atoms with Crippen LogP contribution in [-0.2, 0) is 54.1 Å². The number of hydrogen-bond acceptors (Lipinski definition) is 10. The van der Waals surface area contributed by atoms with Crippen molar-refractivity contribution < 1.29 is 47.5 Å². The number of amides is 3. The summed E-state index contributed by atoms with van der Waals surface area (Å²) in [4.78, 5) is 43.4. The molecule has 1 spiro atoms. The monoisotopic (exact) mass is 833 g/mol. The van der Waals surface area contributed by atoms with Crippen LogP contribution in [0.1, 0.15) is 81.4 Å². The van der Waals surface area contributed by atoms with Crippen molar-refractivity contribution in [2.75, 3.05) is 117 Å². The number of carbonyl (C=O) groups is 3. The van der Waals surface area contributed by atoms with Crippen LogP contribution in [0.25, 0.3) is 0 Å². The molecule has 1 aliphatic carbocycles. The van der Waals surface area contributed by atoms with E-state index >= 15 is 0 Å². The summed E-state index contributed by atoms with van der Waals surface area (Å²) in [6, 6.07) is 15.7. The van der Waals surface area contributed by atoms with Crippen molar-refractivity contribution in [1.82, 2.24) is 10.2 Å². The first kappa shape index (κ1) is 47.2. The van der Waals surface area contributed by atoms with E-state index in [1.807, 2.05) is 53.4 Å². The van der Waals surface area contributed by atoms with E-state index in [2.05, 4.69) is 24.1 Å². The highest BCUT2D eigenvalue weighted by molar-refractivity contribution is 5.95. The number of carbonyl (C=O) groups excluding carboxylic acids is 3. The van der Waals surface area contributed by atoms with Gasteiger partial charge in [0.1, 0.15) is 0 Å². The molecule has 3 amide bonds. The van der Waals surface area contributed by atoms with E-state index in [9.17, 15) is 14.4 Å². The molecule has 0 radical (unpaired) electrons. The van der Waals surface area contributed by atoms with Gasteiger partial charge in [-0.05, 0) is 74.1 Å². The fraction of sp³-hybridized carbons (Fsp3) is 0.638. The number of nitrogens with zero attached hydrogens (tertiary/aromatic N) is 2. The van der Waals surface area contributed by atoms with Crippen molar-refractivity contribution in [1.29, 1.82) is 0 Å². The summed E-state index contributed by atoms with van der Waals surface area (Å²) < 4.78 is 38.5. The van der Waals surface area contributed by atoms with Crippen molar-refractivity contribution >= 4 is 23.4 Å². The molecule has 0 atom stereocenters. The van der Waals surface area contributed by atoms with Gasteiger partial charge in [0.25, 0.3) is 0 Å². The molecule has 2 heterocycles. The van der Waals surface area contributed by atoms with Gasteiger partial charge >= 0.3 is 0 Å². The minimum Gasteiger partial charge on any atom is -0.379 e. The molecule has 1 saturated carbocycles. The van der Waals surface area contributed by atoms with Crippen molar-refractivity contribution in [3.8, 4) is 11.8 Å². The summed E-state index contributed by atoms with van der Waals surface area (Å²) >= 11 is 0. The van der Waals surface area contributed by atoms with Crippen LogP contribution in [0.3, 0.4) is 0 Å². The quantitative estimate of drug-likeness (QED) is 0.0952. The van der Waals surface area contributed by atoms with Crippen LogP contribution in [0.4, 0.5) is 5.69 Å². The summed E-state index contributed by atoms with van der Waals surface area (Å²) in [5.74, 6) is 6.57. The van der Waals surface area contributed by atoms with Gasteiger partial charge in [-0.15, -0.1) is 0 Å². The summed E-state index contributed by atoms with van der Waals surface area (Å²) in [5, 5.41) is 3.06. The minimum atomic E-state index is -0.0442. The predicted molar refractivity (Wildman–Crippen MR) is 229 cm³/mol. The SMILES string of the molecule is CCCOCCOCCOCCOCCOCCOCCOCCC(=O)N1CCC2(CCC(C(=O)NCCC(=O)N3Cc4ccccc4C#Cc4ccccc43)CC2)CC1. The van der Waals surface area contributed by atoms with Gasteiger partial charge in [0, 0.05) is 49.7 Å². The molecule has 2 aromatic carbocycles. The van der Waals surface area contributed by atoms with Gasteiger partial charge in [0.05, 0.1) is 105 Å². The minimum absolute atomic E-state index is 0.0366. The maximum Gasteiger partial charge on any atom is 0.229 e. The van der Waals surface area contributed by atoms with Gasteiger partial charge in [0.15, 0.2) is 0 Å². The molecule has 0 unspecified atom stereocenters. The van der Waals surface area contributed by atoms with E-state index in [4.69, 9.17) is 33.2 Å². The number of ether oxygens (including phenoxy) is 7. The number of para-hydroxylation sites is 1. The molecular weight excluding hydrogens is 767 g/mol. The zero-order chi connectivity index (χ0) is 42.1. The van der Waals surface area contributed by atoms with E-state index < -0.39 is 0 Å². The lowest BCUT2D eigenvalue weighted by Gasteiger charge is -2.45. The van der Waals surface area contributed by atoms with Gasteiger partial charge < -0.3 is 48.3 Å². The molecule has 5 rings (SSSR count). The first-order chi connectivity index (χ1) is 29.5. The molecule has 3 aliphatic rings. The average Bonchev–Trinajstić information content (AvgIpc) is 3.26. The van der Waals surface area contributed by atoms with Gasteiger partial charge in [-0.1, -0.05) is 49.1 Å². The van der Waals surface area contributed by atoms with E-state index in [1.165, 1.54) is 0 Å². The number of likely N-dealkylation sites (tertiary alicyclic amines) is 1. The van der Waals surface area contributed by atoms with Crippen LogP contribution in [0.2, 0.25) is 0 Å². The molecule has 2 aliphatic heterocycles. The molecule has 2 fully saturated rings. The summed E-state index contributed by atoms with van der Waals surface area (Å²) in [6.45, 7) is 11.6. The van der Waals surface area contributed by atoms with Crippen molar-refractivity contribution in [3.63, 3.8) is 0 Å². The molecule has 60 heavy (non-hydrogen) atoms. The zero-order valence-corrected chi connectivity index (χ0v) is 35.8. The number of anilines is 1. The van der Waals surface area contributed by atoms with Crippen molar-refractivity contribution in [2.45, 2.75) is 71.3 Å². The molecular formula is C47H67N3O10. The lowest BCUT2D eigenvalue weighted by atomic mass is 9.65. The van der Waals surface area contributed by atoms with Gasteiger partial charge in [-0.25, -0.2) is 0 Å². The second-order valence-corrected chi connectivity index (χ2v) is 15.6. The highest BCUT2D eigenvalue weighted by Crippen LogP contribution is 2.46. The molecule has 330 valence electrons. The molecule has 13 heteroatoms. The topological polar surface area (TPSA) is 134 Å². The Kier molecular flexibility index (Phi) is 21.4. The Bertz CT molecular complexity index is 1640. The number of fused-ring (bicyclic) bond motifs is 2. The number of nitrogens with one attached hydrogen (secondary N) is 1. The van der Waals surface area contributed by atoms with Crippen LogP contribution in [0, 0.1) is 23.2 Å². The van der Waals surface area contributed by atoms with Crippen molar-refractivity contribution in [2.24, 2.45) is 11.3 Å². The molecule has 0 aromatic heterocycles. The van der Waals surface area contributed by atoms with Crippen LogP contribution < -0.4 is 10.2 Å². The molecule has 13 nitrogen and oxygen atoms in total. The first-order valence-corrected chi connectivity index (χ1v) is 22.1. The first-order valence-electron chi connectivity index (χ1n) is 22.1. The second-order valence-electron chi connectivity index (χ2n) is 15.6. The van der Waals surface area contributed by atoms with Gasteiger partial charge in [-0.3, -0.25) is 14.4 Å². The predicted octanol–water partition coefficient (Wildman–Crippen LogP) is 5.15. The highest BCUT2D eigenvalue weighted by atomic mass is 16.6. The number of benzene rings is 2. The lowest BCUT2D eigenvalue weighted by molar-refractivity contribution is -0.135. The van der Waals surface area contributed by atoms with E-state index in [0.717, 1.165) is 87.0 Å². The maximum absolute atomic E-state index is 13.6. The van der Waals surface area contributed by atoms with E-state index in [-0.39, 0.29) is 35.5 Å². The third-order valence-corrected chi connectivity index (χ3v) is 11.4. The number of hydrogen-bond donors (Lipinski definition) is 1. The summed E-state index contributed by atoms with van der Waals surface area (Å²) in [6.07, 6.45) is 7.18. The largest absolute Gasteiger partial charge is 0.379 e. The Morgan fingerprint density at radius 1 is 0.617 bits per heavy atom. The Labute approximate surface area is 357 Å². The summed E-state index contributed by atoms with van der Waals surface area (Å²) in [7, 11) is 0. The second kappa shape index (κ2) is 27.2. The van der Waals surface area contributed by atoms with Crippen LogP contribution in [0.15, 0.2) is 48.5 Å². The van der Waals surface area contributed by atoms with Crippen LogP contribution >= 0.6 is 0 Å². The average molecular weight is 834 g/mol. The van der Waals surface area contributed by atoms with Crippen molar-refractivity contribution in [3.05, 3.63) is 65.2 Å². The summed E-state index contributed by atoms with van der Waals surface area (Å²) in [5.41, 5.74) is 3.74. The highest BCUT2D eigenvalue weighted by Gasteiger charge is 2.40. The van der Waals surface area contributed by atoms with E-state index in [0.29, 0.717) is 105 Å². The number of rotatable bonds is 27. The number of piperidine rings is 1. The Balaban J connectivity index is 0.836. The van der Waals surface area contributed by atoms with Gasteiger partial charge in [0.2, 0.25) is 17.7 Å². The van der Waals surface area contributed by atoms with Crippen LogP contribution in [0.5, 0.6) is 0 Å². The normalized spacial score (nSPS) is 16.0. The Morgan fingerprint density at radius 2 is 1.12 bits per heavy atom. The van der Waals surface area contributed by atoms with Crippen LogP contribution in [-0.4, -0.2) is 135 Å². The fourth-order valence-corrected chi connectivity index (χ4v) is 7.89. The maximum atomic E-state index is 13.6.